The summed E-state index contributed by atoms with van der Waals surface area (Å²) in [6, 6.07) is 0. The summed E-state index contributed by atoms with van der Waals surface area (Å²) in [5.74, 6) is 1.94. The minimum Gasteiger partial charge on any atom is -0.392 e. The van der Waals surface area contributed by atoms with Gasteiger partial charge in [0.1, 0.15) is 0 Å². The molecule has 3 heteroatoms. The van der Waals surface area contributed by atoms with Gasteiger partial charge in [-0.3, -0.25) is 0 Å². The minimum atomic E-state index is -0.648. The lowest BCUT2D eigenvalue weighted by Crippen LogP contribution is -2.36. The molecular formula is C28H46O3. The van der Waals surface area contributed by atoms with Crippen molar-refractivity contribution in [2.45, 2.75) is 110 Å². The third-order valence-corrected chi connectivity index (χ3v) is 8.97. The van der Waals surface area contributed by atoms with Gasteiger partial charge in [-0.05, 0) is 93.1 Å². The Morgan fingerprint density at radius 3 is 2.61 bits per heavy atom. The zero-order valence-electron chi connectivity index (χ0n) is 20.5. The lowest BCUT2D eigenvalue weighted by Gasteiger charge is -2.44. The molecule has 3 aliphatic carbocycles. The Kier molecular flexibility index (Phi) is 7.61. The zero-order valence-corrected chi connectivity index (χ0v) is 20.5. The normalized spacial score (nSPS) is 40.4. The van der Waals surface area contributed by atoms with Crippen LogP contribution in [-0.2, 0) is 0 Å². The lowest BCUT2D eigenvalue weighted by atomic mass is 9.60. The van der Waals surface area contributed by atoms with Crippen molar-refractivity contribution in [3.63, 3.8) is 0 Å². The number of fused-ring (bicyclic) bond motifs is 1. The van der Waals surface area contributed by atoms with Crippen LogP contribution in [0.5, 0.6) is 0 Å². The maximum Gasteiger partial charge on any atom is 0.0837 e. The number of hydrogen-bond acceptors (Lipinski definition) is 3. The summed E-state index contributed by atoms with van der Waals surface area (Å²) >= 11 is 0. The highest BCUT2D eigenvalue weighted by atomic mass is 16.3. The predicted molar refractivity (Wildman–Crippen MR) is 129 cm³/mol. The summed E-state index contributed by atoms with van der Waals surface area (Å²) in [7, 11) is 0. The molecule has 3 nitrogen and oxygen atoms in total. The maximum absolute atomic E-state index is 10.4. The number of allylic oxidation sites excluding steroid dienone is 3. The van der Waals surface area contributed by atoms with Crippen molar-refractivity contribution in [1.82, 2.24) is 0 Å². The molecule has 3 aliphatic rings. The topological polar surface area (TPSA) is 60.7 Å². The van der Waals surface area contributed by atoms with Crippen molar-refractivity contribution in [2.75, 3.05) is 0 Å². The number of hydrogen-bond donors (Lipinski definition) is 3. The average molecular weight is 431 g/mol. The van der Waals surface area contributed by atoms with E-state index in [0.29, 0.717) is 23.7 Å². The van der Waals surface area contributed by atoms with Gasteiger partial charge in [0.15, 0.2) is 0 Å². The summed E-state index contributed by atoms with van der Waals surface area (Å²) in [5, 5.41) is 30.7. The summed E-state index contributed by atoms with van der Waals surface area (Å²) in [4.78, 5) is 0. The monoisotopic (exact) mass is 430 g/mol. The molecule has 3 rings (SSSR count). The van der Waals surface area contributed by atoms with E-state index in [4.69, 9.17) is 0 Å². The van der Waals surface area contributed by atoms with Crippen LogP contribution in [0.15, 0.2) is 35.5 Å². The Morgan fingerprint density at radius 1 is 1.23 bits per heavy atom. The molecule has 0 spiro atoms. The highest BCUT2D eigenvalue weighted by Crippen LogP contribution is 2.60. The maximum atomic E-state index is 10.4. The smallest absolute Gasteiger partial charge is 0.0837 e. The largest absolute Gasteiger partial charge is 0.392 e. The van der Waals surface area contributed by atoms with E-state index in [1.54, 1.807) is 5.57 Å². The first-order valence-electron chi connectivity index (χ1n) is 12.6. The van der Waals surface area contributed by atoms with Crippen molar-refractivity contribution in [1.29, 1.82) is 0 Å². The standard InChI is InChI=1S/C28H46O3/c1-18(9-7-15-27(4,5)31)23-13-14-24-21(10-8-16-28(23,24)6)11-12-22-17-25(29)20(3)26(30)19(22)2/h11-12,18,20,23-26,29-31H,2,7-10,13-17H2,1,3-6H3/b21-11+,22-12-/t18-,20+,23+,24-,25-,26+,28?/m0/s1. The summed E-state index contributed by atoms with van der Waals surface area (Å²) in [6.45, 7) is 14.8. The highest BCUT2D eigenvalue weighted by molar-refractivity contribution is 5.39. The van der Waals surface area contributed by atoms with E-state index < -0.39 is 17.8 Å². The van der Waals surface area contributed by atoms with Gasteiger partial charge in [0.05, 0.1) is 17.8 Å². The quantitative estimate of drug-likeness (QED) is 0.488. The number of aliphatic hydroxyl groups excluding tert-OH is 2. The van der Waals surface area contributed by atoms with Gasteiger partial charge in [0.25, 0.3) is 0 Å². The van der Waals surface area contributed by atoms with Crippen LogP contribution < -0.4 is 0 Å². The van der Waals surface area contributed by atoms with Gasteiger partial charge < -0.3 is 15.3 Å². The predicted octanol–water partition coefficient (Wildman–Crippen LogP) is 5.95. The van der Waals surface area contributed by atoms with Crippen LogP contribution in [0.3, 0.4) is 0 Å². The molecule has 0 aliphatic heterocycles. The number of aliphatic hydroxyl groups is 3. The second-order valence-corrected chi connectivity index (χ2v) is 11.8. The first-order chi connectivity index (χ1) is 14.4. The molecule has 0 amide bonds. The third-order valence-electron chi connectivity index (χ3n) is 8.97. The van der Waals surface area contributed by atoms with Crippen LogP contribution in [0.25, 0.3) is 0 Å². The SMILES string of the molecule is C=C1/C(=C\C=C2/CCCC3(C)[C@@H]([C@@H](C)CCCC(C)(C)O)CC[C@@H]23)C[C@H](O)[C@@H](C)[C@@H]1O. The fourth-order valence-electron chi connectivity index (χ4n) is 6.91. The first kappa shape index (κ1) is 24.7. The molecule has 176 valence electrons. The van der Waals surface area contributed by atoms with Crippen molar-refractivity contribution in [3.05, 3.63) is 35.5 Å². The zero-order chi connectivity index (χ0) is 23.0. The van der Waals surface area contributed by atoms with Crippen molar-refractivity contribution in [2.24, 2.45) is 29.1 Å². The van der Waals surface area contributed by atoms with Gasteiger partial charge in [-0.15, -0.1) is 0 Å². The molecular weight excluding hydrogens is 384 g/mol. The van der Waals surface area contributed by atoms with E-state index in [1.165, 1.54) is 32.1 Å². The summed E-state index contributed by atoms with van der Waals surface area (Å²) in [5.41, 5.74) is 3.15. The van der Waals surface area contributed by atoms with Crippen LogP contribution in [0.2, 0.25) is 0 Å². The molecule has 0 aromatic heterocycles. The molecule has 3 fully saturated rings. The van der Waals surface area contributed by atoms with Gasteiger partial charge in [0, 0.05) is 5.92 Å². The van der Waals surface area contributed by atoms with Crippen molar-refractivity contribution >= 4 is 0 Å². The Bertz CT molecular complexity index is 712. The van der Waals surface area contributed by atoms with Crippen LogP contribution in [0.1, 0.15) is 92.4 Å². The van der Waals surface area contributed by atoms with E-state index in [1.807, 2.05) is 20.8 Å². The van der Waals surface area contributed by atoms with Crippen LogP contribution >= 0.6 is 0 Å². The van der Waals surface area contributed by atoms with E-state index in [0.717, 1.165) is 36.3 Å². The van der Waals surface area contributed by atoms with E-state index in [9.17, 15) is 15.3 Å². The van der Waals surface area contributed by atoms with Crippen molar-refractivity contribution in [3.8, 4) is 0 Å². The van der Waals surface area contributed by atoms with Crippen LogP contribution in [0.4, 0.5) is 0 Å². The van der Waals surface area contributed by atoms with Gasteiger partial charge in [-0.2, -0.15) is 0 Å². The molecule has 1 unspecified atom stereocenters. The first-order valence-corrected chi connectivity index (χ1v) is 12.6. The molecule has 31 heavy (non-hydrogen) atoms. The lowest BCUT2D eigenvalue weighted by molar-refractivity contribution is 0.0283. The van der Waals surface area contributed by atoms with Gasteiger partial charge in [-0.25, -0.2) is 0 Å². The van der Waals surface area contributed by atoms with E-state index in [2.05, 4.69) is 32.6 Å². The van der Waals surface area contributed by atoms with Crippen LogP contribution in [0, 0.1) is 29.1 Å². The average Bonchev–Trinajstić information content (AvgIpc) is 3.04. The summed E-state index contributed by atoms with van der Waals surface area (Å²) < 4.78 is 0. The van der Waals surface area contributed by atoms with E-state index >= 15 is 0 Å². The molecule has 7 atom stereocenters. The molecule has 0 aromatic carbocycles. The molecule has 0 saturated heterocycles. The van der Waals surface area contributed by atoms with E-state index in [-0.39, 0.29) is 5.92 Å². The molecule has 3 saturated carbocycles. The van der Waals surface area contributed by atoms with Crippen molar-refractivity contribution < 1.29 is 15.3 Å². The molecule has 0 aromatic rings. The Morgan fingerprint density at radius 2 is 1.94 bits per heavy atom. The molecule has 0 radical (unpaired) electrons. The van der Waals surface area contributed by atoms with Gasteiger partial charge in [0.2, 0.25) is 0 Å². The molecule has 3 N–H and O–H groups in total. The Labute approximate surface area is 190 Å². The Hall–Kier alpha value is -0.900. The summed E-state index contributed by atoms with van der Waals surface area (Å²) in [6.07, 6.45) is 13.4. The fourth-order valence-corrected chi connectivity index (χ4v) is 6.91. The Balaban J connectivity index is 1.71. The molecule has 0 heterocycles. The second-order valence-electron chi connectivity index (χ2n) is 11.8. The van der Waals surface area contributed by atoms with Gasteiger partial charge >= 0.3 is 0 Å². The number of rotatable bonds is 6. The molecule has 0 bridgehead atoms. The minimum absolute atomic E-state index is 0.149. The van der Waals surface area contributed by atoms with Crippen LogP contribution in [-0.4, -0.2) is 33.1 Å². The third kappa shape index (κ3) is 5.37. The second kappa shape index (κ2) is 9.53. The van der Waals surface area contributed by atoms with Gasteiger partial charge in [-0.1, -0.05) is 57.9 Å². The fraction of sp³-hybridized carbons (Fsp3) is 0.786. The highest BCUT2D eigenvalue weighted by Gasteiger charge is 2.50.